The van der Waals surface area contributed by atoms with Gasteiger partial charge in [-0.05, 0) is 18.9 Å². The van der Waals surface area contributed by atoms with Crippen molar-refractivity contribution in [3.05, 3.63) is 46.5 Å². The summed E-state index contributed by atoms with van der Waals surface area (Å²) < 4.78 is 0. The summed E-state index contributed by atoms with van der Waals surface area (Å²) in [6.45, 7) is 4.73. The van der Waals surface area contributed by atoms with Gasteiger partial charge in [0, 0.05) is 5.41 Å². The van der Waals surface area contributed by atoms with Crippen LogP contribution in [0.4, 0.5) is 0 Å². The maximum absolute atomic E-state index is 12.4. The largest absolute Gasteiger partial charge is 0.345 e. The number of amides is 2. The molecule has 150 valence electrons. The molecule has 0 bridgehead atoms. The van der Waals surface area contributed by atoms with E-state index in [9.17, 15) is 24.9 Å². The van der Waals surface area contributed by atoms with E-state index in [2.05, 4.69) is 16.7 Å². The number of nitriles is 2. The van der Waals surface area contributed by atoms with Gasteiger partial charge in [-0.25, -0.2) is 0 Å². The van der Waals surface area contributed by atoms with Crippen LogP contribution >= 0.6 is 11.8 Å². The molecule has 0 spiro atoms. The van der Waals surface area contributed by atoms with E-state index in [1.54, 1.807) is 13.8 Å². The standard InChI is InChI=1S/C21H22N4O3S/c1-13(26)17(9-14-7-5-4-6-8-14)24-18(27)12-29-20-16(11-23)21(2,3)15(10-22)19(28)25-20/h4-8,15,17H,9,12H2,1-3H3,(H,24,27)(H,25,28)/t15-,17+/m0/s1. The number of nitrogens with zero attached hydrogens (tertiary/aromatic N) is 2. The second kappa shape index (κ2) is 9.40. The first-order chi connectivity index (χ1) is 13.7. The Labute approximate surface area is 174 Å². The number of rotatable bonds is 7. The van der Waals surface area contributed by atoms with Crippen LogP contribution in [0.5, 0.6) is 0 Å². The van der Waals surface area contributed by atoms with Gasteiger partial charge >= 0.3 is 0 Å². The summed E-state index contributed by atoms with van der Waals surface area (Å²) >= 11 is 1.01. The lowest BCUT2D eigenvalue weighted by Crippen LogP contribution is -2.45. The van der Waals surface area contributed by atoms with Crippen LogP contribution < -0.4 is 10.6 Å². The zero-order valence-corrected chi connectivity index (χ0v) is 17.3. The Balaban J connectivity index is 2.08. The van der Waals surface area contributed by atoms with Gasteiger partial charge in [0.25, 0.3) is 0 Å². The summed E-state index contributed by atoms with van der Waals surface area (Å²) in [5.74, 6) is -2.10. The number of hydrogen-bond acceptors (Lipinski definition) is 6. The molecule has 1 aliphatic heterocycles. The number of ketones is 1. The van der Waals surface area contributed by atoms with Crippen molar-refractivity contribution in [2.75, 3.05) is 5.75 Å². The van der Waals surface area contributed by atoms with Crippen molar-refractivity contribution in [3.8, 4) is 12.1 Å². The summed E-state index contributed by atoms with van der Waals surface area (Å²) in [5, 5.41) is 24.3. The van der Waals surface area contributed by atoms with Gasteiger partial charge in [-0.3, -0.25) is 14.4 Å². The molecular weight excluding hydrogens is 388 g/mol. The minimum absolute atomic E-state index is 0.0767. The van der Waals surface area contributed by atoms with E-state index in [0.29, 0.717) is 6.42 Å². The predicted molar refractivity (Wildman–Crippen MR) is 109 cm³/mol. The molecule has 2 rings (SSSR count). The topological polar surface area (TPSA) is 123 Å². The Kier molecular flexibility index (Phi) is 7.19. The zero-order valence-electron chi connectivity index (χ0n) is 16.5. The third-order valence-electron chi connectivity index (χ3n) is 4.79. The summed E-state index contributed by atoms with van der Waals surface area (Å²) in [4.78, 5) is 36.5. The number of Topliss-reactive ketones (excluding diaryl/α,β-unsaturated/α-hetero) is 1. The number of thioether (sulfide) groups is 1. The molecule has 8 heteroatoms. The second-order valence-electron chi connectivity index (χ2n) is 7.30. The van der Waals surface area contributed by atoms with E-state index in [4.69, 9.17) is 0 Å². The maximum atomic E-state index is 12.4. The lowest BCUT2D eigenvalue weighted by molar-refractivity contribution is -0.125. The third kappa shape index (κ3) is 5.24. The van der Waals surface area contributed by atoms with Crippen molar-refractivity contribution in [1.82, 2.24) is 10.6 Å². The van der Waals surface area contributed by atoms with Crippen molar-refractivity contribution < 1.29 is 14.4 Å². The molecule has 0 radical (unpaired) electrons. The molecule has 0 aliphatic carbocycles. The first-order valence-electron chi connectivity index (χ1n) is 9.02. The number of benzene rings is 1. The molecule has 29 heavy (non-hydrogen) atoms. The Morgan fingerprint density at radius 2 is 1.93 bits per heavy atom. The fourth-order valence-electron chi connectivity index (χ4n) is 3.05. The highest BCUT2D eigenvalue weighted by molar-refractivity contribution is 8.03. The number of carbonyl (C=O) groups is 3. The van der Waals surface area contributed by atoms with Crippen LogP contribution in [0.15, 0.2) is 40.9 Å². The van der Waals surface area contributed by atoms with Gasteiger partial charge in [0.05, 0.1) is 34.5 Å². The fraction of sp³-hybridized carbons (Fsp3) is 0.381. The highest BCUT2D eigenvalue weighted by atomic mass is 32.2. The van der Waals surface area contributed by atoms with Gasteiger partial charge in [0.15, 0.2) is 5.78 Å². The smallest absolute Gasteiger partial charge is 0.243 e. The number of hydrogen-bond donors (Lipinski definition) is 2. The average molecular weight is 410 g/mol. The summed E-state index contributed by atoms with van der Waals surface area (Å²) in [6, 6.07) is 12.7. The van der Waals surface area contributed by atoms with Crippen molar-refractivity contribution in [2.45, 2.75) is 33.2 Å². The molecule has 1 aromatic rings. The van der Waals surface area contributed by atoms with Crippen molar-refractivity contribution in [1.29, 1.82) is 10.5 Å². The molecule has 0 saturated carbocycles. The normalized spacial score (nSPS) is 18.8. The number of carbonyl (C=O) groups excluding carboxylic acids is 3. The molecule has 1 aromatic carbocycles. The van der Waals surface area contributed by atoms with Gasteiger partial charge in [0.2, 0.25) is 11.8 Å². The van der Waals surface area contributed by atoms with E-state index < -0.39 is 23.3 Å². The second-order valence-corrected chi connectivity index (χ2v) is 8.28. The van der Waals surface area contributed by atoms with Crippen LogP contribution in [0.2, 0.25) is 0 Å². The van der Waals surface area contributed by atoms with Crippen molar-refractivity contribution >= 4 is 29.4 Å². The summed E-state index contributed by atoms with van der Waals surface area (Å²) in [7, 11) is 0. The fourth-order valence-corrected chi connectivity index (χ4v) is 4.04. The highest BCUT2D eigenvalue weighted by Gasteiger charge is 2.44. The molecule has 2 N–H and O–H groups in total. The van der Waals surface area contributed by atoms with Crippen molar-refractivity contribution in [3.63, 3.8) is 0 Å². The van der Waals surface area contributed by atoms with Gasteiger partial charge in [-0.15, -0.1) is 0 Å². The minimum atomic E-state index is -0.983. The van der Waals surface area contributed by atoms with E-state index in [0.717, 1.165) is 17.3 Å². The van der Waals surface area contributed by atoms with E-state index in [1.807, 2.05) is 36.4 Å². The zero-order chi connectivity index (χ0) is 21.6. The highest BCUT2D eigenvalue weighted by Crippen LogP contribution is 2.41. The Hall–Kier alpha value is -3.10. The summed E-state index contributed by atoms with van der Waals surface area (Å²) in [6.07, 6.45) is 0.381. The molecular formula is C21H22N4O3S. The lowest BCUT2D eigenvalue weighted by atomic mass is 9.72. The van der Waals surface area contributed by atoms with Crippen LogP contribution in [0, 0.1) is 34.0 Å². The Bertz CT molecular complexity index is 925. The maximum Gasteiger partial charge on any atom is 0.243 e. The Morgan fingerprint density at radius 1 is 1.28 bits per heavy atom. The lowest BCUT2D eigenvalue weighted by Gasteiger charge is -2.34. The Morgan fingerprint density at radius 3 is 2.48 bits per heavy atom. The van der Waals surface area contributed by atoms with Crippen LogP contribution in [-0.2, 0) is 20.8 Å². The first-order valence-corrected chi connectivity index (χ1v) is 10.0. The predicted octanol–water partition coefficient (Wildman–Crippen LogP) is 2.07. The van der Waals surface area contributed by atoms with Gasteiger partial charge in [0.1, 0.15) is 5.92 Å². The molecule has 2 atom stereocenters. The third-order valence-corrected chi connectivity index (χ3v) is 5.79. The molecule has 0 fully saturated rings. The molecule has 1 aliphatic rings. The van der Waals surface area contributed by atoms with E-state index >= 15 is 0 Å². The number of allylic oxidation sites excluding steroid dienone is 1. The van der Waals surface area contributed by atoms with Crippen molar-refractivity contribution in [2.24, 2.45) is 11.3 Å². The first kappa shape index (κ1) is 22.2. The van der Waals surface area contributed by atoms with E-state index in [1.165, 1.54) is 6.92 Å². The quantitative estimate of drug-likeness (QED) is 0.709. The molecule has 1 heterocycles. The van der Waals surface area contributed by atoms with Gasteiger partial charge < -0.3 is 10.6 Å². The SMILES string of the molecule is CC(=O)[C@@H](Cc1ccccc1)NC(=O)CSC1=C(C#N)C(C)(C)[C@@H](C#N)C(=O)N1. The van der Waals surface area contributed by atoms with Gasteiger partial charge in [-0.1, -0.05) is 55.9 Å². The molecule has 0 saturated heterocycles. The molecule has 7 nitrogen and oxygen atoms in total. The van der Waals surface area contributed by atoms with Gasteiger partial charge in [-0.2, -0.15) is 10.5 Å². The molecule has 2 amide bonds. The van der Waals surface area contributed by atoms with E-state index in [-0.39, 0.29) is 28.0 Å². The van der Waals surface area contributed by atoms with Crippen LogP contribution in [0.25, 0.3) is 0 Å². The summed E-state index contributed by atoms with van der Waals surface area (Å²) in [5.41, 5.74) is 0.229. The van der Waals surface area contributed by atoms with Crippen LogP contribution in [0.3, 0.4) is 0 Å². The van der Waals surface area contributed by atoms with Crippen LogP contribution in [-0.4, -0.2) is 29.4 Å². The number of nitrogens with one attached hydrogen (secondary N) is 2. The minimum Gasteiger partial charge on any atom is -0.345 e. The van der Waals surface area contributed by atoms with Crippen LogP contribution in [0.1, 0.15) is 26.3 Å². The molecule has 0 aromatic heterocycles. The average Bonchev–Trinajstić information content (AvgIpc) is 2.66. The molecule has 0 unspecified atom stereocenters. The monoisotopic (exact) mass is 410 g/mol.